The van der Waals surface area contributed by atoms with Gasteiger partial charge in [-0.2, -0.15) is 0 Å². The van der Waals surface area contributed by atoms with Crippen LogP contribution in [0.3, 0.4) is 0 Å². The highest BCUT2D eigenvalue weighted by atomic mass is 16.6. The molecule has 7 nitrogen and oxygen atoms in total. The van der Waals surface area contributed by atoms with Crippen LogP contribution >= 0.6 is 0 Å². The van der Waals surface area contributed by atoms with Crippen molar-refractivity contribution in [3.8, 4) is 0 Å². The third-order valence-electron chi connectivity index (χ3n) is 4.51. The first-order valence-electron chi connectivity index (χ1n) is 8.51. The van der Waals surface area contributed by atoms with Crippen molar-refractivity contribution in [1.82, 2.24) is 10.2 Å². The van der Waals surface area contributed by atoms with Crippen LogP contribution in [0.15, 0.2) is 18.2 Å². The fourth-order valence-electron chi connectivity index (χ4n) is 3.03. The van der Waals surface area contributed by atoms with Gasteiger partial charge in [-0.15, -0.1) is 0 Å². The Kier molecular flexibility index (Phi) is 6.54. The molecule has 0 aliphatic carbocycles. The number of rotatable bonds is 6. The van der Waals surface area contributed by atoms with Gasteiger partial charge in [-0.25, -0.2) is 4.79 Å². The number of aryl methyl sites for hydroxylation is 1. The Bertz CT molecular complexity index is 591. The Morgan fingerprint density at radius 1 is 1.42 bits per heavy atom. The van der Waals surface area contributed by atoms with E-state index in [4.69, 9.17) is 0 Å². The molecule has 1 fully saturated rings. The maximum atomic E-state index is 11.9. The van der Waals surface area contributed by atoms with E-state index >= 15 is 0 Å². The van der Waals surface area contributed by atoms with Gasteiger partial charge in [-0.05, 0) is 45.7 Å². The van der Waals surface area contributed by atoms with Crippen LogP contribution < -0.4 is 10.6 Å². The number of carbonyl (C=O) groups is 1. The molecule has 1 aliphatic heterocycles. The Hall–Kier alpha value is -2.15. The van der Waals surface area contributed by atoms with Crippen LogP contribution in [0.25, 0.3) is 0 Å². The molecule has 1 aromatic rings. The highest BCUT2D eigenvalue weighted by Crippen LogP contribution is 2.22. The molecule has 1 saturated heterocycles. The number of nitrogens with zero attached hydrogens (tertiary/aromatic N) is 2. The zero-order valence-electron chi connectivity index (χ0n) is 14.4. The molecule has 0 aromatic heterocycles. The number of anilines is 1. The smallest absolute Gasteiger partial charge is 0.319 e. The molecule has 24 heavy (non-hydrogen) atoms. The summed E-state index contributed by atoms with van der Waals surface area (Å²) in [5, 5.41) is 16.4. The number of piperidine rings is 1. The Morgan fingerprint density at radius 3 is 2.92 bits per heavy atom. The predicted molar refractivity (Wildman–Crippen MR) is 94.4 cm³/mol. The number of nitro groups is 1. The first kappa shape index (κ1) is 18.2. The van der Waals surface area contributed by atoms with E-state index in [1.165, 1.54) is 25.3 Å². The minimum absolute atomic E-state index is 0.00638. The van der Waals surface area contributed by atoms with Crippen LogP contribution in [0.1, 0.15) is 38.2 Å². The molecular formula is C17H26N4O3. The highest BCUT2D eigenvalue weighted by molar-refractivity contribution is 5.89. The van der Waals surface area contributed by atoms with Gasteiger partial charge in [-0.1, -0.05) is 12.5 Å². The number of urea groups is 1. The van der Waals surface area contributed by atoms with Gasteiger partial charge in [0.25, 0.3) is 5.69 Å². The zero-order chi connectivity index (χ0) is 17.5. The van der Waals surface area contributed by atoms with Crippen molar-refractivity contribution in [2.45, 2.75) is 45.6 Å². The monoisotopic (exact) mass is 334 g/mol. The van der Waals surface area contributed by atoms with E-state index in [0.29, 0.717) is 23.8 Å². The number of likely N-dealkylation sites (tertiary alicyclic amines) is 1. The summed E-state index contributed by atoms with van der Waals surface area (Å²) in [6.07, 6.45) is 4.71. The van der Waals surface area contributed by atoms with E-state index in [-0.39, 0.29) is 11.7 Å². The van der Waals surface area contributed by atoms with Crippen molar-refractivity contribution >= 4 is 17.4 Å². The topological polar surface area (TPSA) is 87.5 Å². The summed E-state index contributed by atoms with van der Waals surface area (Å²) in [5.41, 5.74) is 1.00. The summed E-state index contributed by atoms with van der Waals surface area (Å²) in [6.45, 7) is 6.63. The van der Waals surface area contributed by atoms with E-state index in [9.17, 15) is 14.9 Å². The average molecular weight is 334 g/mol. The number of amides is 2. The fourth-order valence-corrected chi connectivity index (χ4v) is 3.03. The van der Waals surface area contributed by atoms with Crippen molar-refractivity contribution in [3.63, 3.8) is 0 Å². The summed E-state index contributed by atoms with van der Waals surface area (Å²) in [4.78, 5) is 24.8. The Balaban J connectivity index is 1.73. The van der Waals surface area contributed by atoms with Gasteiger partial charge >= 0.3 is 6.03 Å². The third-order valence-corrected chi connectivity index (χ3v) is 4.51. The molecule has 2 amide bonds. The molecular weight excluding hydrogens is 308 g/mol. The lowest BCUT2D eigenvalue weighted by Gasteiger charge is -2.33. The van der Waals surface area contributed by atoms with Gasteiger partial charge in [0, 0.05) is 36.4 Å². The number of carbonyl (C=O) groups excluding carboxylic acids is 1. The molecule has 2 N–H and O–H groups in total. The normalized spacial score (nSPS) is 18.2. The van der Waals surface area contributed by atoms with E-state index < -0.39 is 4.92 Å². The van der Waals surface area contributed by atoms with Gasteiger partial charge in [0.1, 0.15) is 0 Å². The van der Waals surface area contributed by atoms with E-state index in [1.54, 1.807) is 19.1 Å². The van der Waals surface area contributed by atoms with Gasteiger partial charge in [-0.3, -0.25) is 10.1 Å². The Morgan fingerprint density at radius 2 is 2.21 bits per heavy atom. The molecule has 0 saturated carbocycles. The molecule has 0 radical (unpaired) electrons. The molecule has 7 heteroatoms. The summed E-state index contributed by atoms with van der Waals surface area (Å²) in [7, 11) is 0. The summed E-state index contributed by atoms with van der Waals surface area (Å²) in [5.74, 6) is 0. The van der Waals surface area contributed by atoms with Gasteiger partial charge in [0.05, 0.1) is 4.92 Å². The van der Waals surface area contributed by atoms with Crippen LogP contribution in [0, 0.1) is 17.0 Å². The minimum Gasteiger partial charge on any atom is -0.338 e. The largest absolute Gasteiger partial charge is 0.338 e. The fraction of sp³-hybridized carbons (Fsp3) is 0.588. The summed E-state index contributed by atoms with van der Waals surface area (Å²) in [6, 6.07) is 4.97. The van der Waals surface area contributed by atoms with Crippen molar-refractivity contribution < 1.29 is 9.72 Å². The zero-order valence-corrected chi connectivity index (χ0v) is 14.4. The molecule has 0 bridgehead atoms. The van der Waals surface area contributed by atoms with Gasteiger partial charge in [0.2, 0.25) is 0 Å². The molecule has 132 valence electrons. The van der Waals surface area contributed by atoms with Crippen molar-refractivity contribution in [3.05, 3.63) is 33.9 Å². The lowest BCUT2D eigenvalue weighted by atomic mass is 10.0. The molecule has 1 heterocycles. The number of benzene rings is 1. The number of nitro benzene ring substituents is 1. The standard InChI is InChI=1S/C17H26N4O3/c1-13-7-8-15(12-16(13)21(23)24)19-17(22)18-9-5-11-20-10-4-3-6-14(20)2/h7-8,12,14H,3-6,9-11H2,1-2H3,(H2,18,19,22)/t14-/m0/s1. The predicted octanol–water partition coefficient (Wildman–Crippen LogP) is 3.29. The summed E-state index contributed by atoms with van der Waals surface area (Å²) >= 11 is 0. The van der Waals surface area contributed by atoms with E-state index in [2.05, 4.69) is 22.5 Å². The minimum atomic E-state index is -0.446. The van der Waals surface area contributed by atoms with Crippen LogP contribution in [-0.2, 0) is 0 Å². The average Bonchev–Trinajstić information content (AvgIpc) is 2.54. The second kappa shape index (κ2) is 8.63. The van der Waals surface area contributed by atoms with E-state index in [0.717, 1.165) is 19.5 Å². The lowest BCUT2D eigenvalue weighted by Crippen LogP contribution is -2.39. The highest BCUT2D eigenvalue weighted by Gasteiger charge is 2.17. The van der Waals surface area contributed by atoms with E-state index in [1.807, 2.05) is 0 Å². The molecule has 2 rings (SSSR count). The molecule has 1 aromatic carbocycles. The SMILES string of the molecule is Cc1ccc(NC(=O)NCCCN2CCCC[C@@H]2C)cc1[N+](=O)[O-]. The maximum absolute atomic E-state index is 11.9. The second-order valence-corrected chi connectivity index (χ2v) is 6.37. The Labute approximate surface area is 142 Å². The molecule has 1 aliphatic rings. The first-order valence-corrected chi connectivity index (χ1v) is 8.51. The van der Waals surface area contributed by atoms with Crippen LogP contribution in [0.5, 0.6) is 0 Å². The maximum Gasteiger partial charge on any atom is 0.319 e. The molecule has 0 spiro atoms. The number of nitrogens with one attached hydrogen (secondary N) is 2. The number of hydrogen-bond acceptors (Lipinski definition) is 4. The number of hydrogen-bond donors (Lipinski definition) is 2. The summed E-state index contributed by atoms with van der Waals surface area (Å²) < 4.78 is 0. The van der Waals surface area contributed by atoms with Gasteiger partial charge < -0.3 is 15.5 Å². The van der Waals surface area contributed by atoms with Gasteiger partial charge in [0.15, 0.2) is 0 Å². The van der Waals surface area contributed by atoms with Crippen LogP contribution in [0.4, 0.5) is 16.2 Å². The van der Waals surface area contributed by atoms with Crippen LogP contribution in [-0.4, -0.2) is 41.5 Å². The lowest BCUT2D eigenvalue weighted by molar-refractivity contribution is -0.385. The quantitative estimate of drug-likeness (QED) is 0.475. The van der Waals surface area contributed by atoms with Crippen LogP contribution in [0.2, 0.25) is 0 Å². The molecule has 1 atom stereocenters. The third kappa shape index (κ3) is 5.19. The van der Waals surface area contributed by atoms with Crippen molar-refractivity contribution in [2.24, 2.45) is 0 Å². The van der Waals surface area contributed by atoms with Crippen molar-refractivity contribution in [1.29, 1.82) is 0 Å². The second-order valence-electron chi connectivity index (χ2n) is 6.37. The molecule has 0 unspecified atom stereocenters. The van der Waals surface area contributed by atoms with Crippen molar-refractivity contribution in [2.75, 3.05) is 25.0 Å². The first-order chi connectivity index (χ1) is 11.5.